The minimum Gasteiger partial charge on any atom is -0.455 e. The number of rotatable bonds is 6. The van der Waals surface area contributed by atoms with Crippen molar-refractivity contribution in [3.05, 3.63) is 96.1 Å². The van der Waals surface area contributed by atoms with Crippen LogP contribution in [0, 0.1) is 11.8 Å². The summed E-state index contributed by atoms with van der Waals surface area (Å²) in [5, 5.41) is 13.4. The van der Waals surface area contributed by atoms with Gasteiger partial charge in [0, 0.05) is 19.5 Å². The number of esters is 1. The fourth-order valence-corrected chi connectivity index (χ4v) is 7.44. The molecule has 4 aliphatic rings. The van der Waals surface area contributed by atoms with E-state index in [9.17, 15) is 24.3 Å². The number of amides is 3. The van der Waals surface area contributed by atoms with Crippen LogP contribution in [0.25, 0.3) is 0 Å². The van der Waals surface area contributed by atoms with Gasteiger partial charge in [-0.2, -0.15) is 0 Å². The highest BCUT2D eigenvalue weighted by Gasteiger charge is 2.72. The number of aliphatic hydroxyl groups is 1. The predicted molar refractivity (Wildman–Crippen MR) is 169 cm³/mol. The van der Waals surface area contributed by atoms with E-state index in [0.717, 1.165) is 5.56 Å². The Labute approximate surface area is 269 Å². The summed E-state index contributed by atoms with van der Waals surface area (Å²) in [4.78, 5) is 59.4. The number of hydrogen-bond acceptors (Lipinski definition) is 7. The van der Waals surface area contributed by atoms with Crippen LogP contribution in [0.3, 0.4) is 0 Å². The number of allylic oxidation sites excluding steroid dienone is 1. The molecule has 2 fully saturated rings. The van der Waals surface area contributed by atoms with E-state index in [2.05, 4.69) is 5.32 Å². The topological polar surface area (TPSA) is 125 Å². The van der Waals surface area contributed by atoms with Crippen LogP contribution in [0.1, 0.15) is 50.3 Å². The molecule has 0 radical (unpaired) electrons. The van der Waals surface area contributed by atoms with Gasteiger partial charge < -0.3 is 29.7 Å². The van der Waals surface area contributed by atoms with Crippen molar-refractivity contribution in [1.29, 1.82) is 0 Å². The summed E-state index contributed by atoms with van der Waals surface area (Å²) in [7, 11) is 0. The summed E-state index contributed by atoms with van der Waals surface area (Å²) in [6.45, 7) is 3.91. The molecule has 242 valence electrons. The molecule has 10 nitrogen and oxygen atoms in total. The number of fused-ring (bicyclic) bond motifs is 2. The fourth-order valence-electron chi connectivity index (χ4n) is 7.44. The molecule has 46 heavy (non-hydrogen) atoms. The number of ether oxygens (including phenoxy) is 2. The molecule has 8 atom stereocenters. The van der Waals surface area contributed by atoms with Crippen LogP contribution in [0.2, 0.25) is 0 Å². The normalized spacial score (nSPS) is 32.7. The standard InChI is InChI=1S/C36H41N3O7/c1-3-26(22-40)39-32-34(43)38(21-24-13-6-4-7-14-24)20-12-19-36(32)30(33(39)42)29-27(46-36)17-10-11-18-28(41)37-23(2)31(45-35(29)44)25-15-8-5-9-16-25/h4-10,12-17,19,23,26-27,29-32,40H,3,11,18,20-22H2,1-2H3,(H,37,41)/b17-10-/t23-,26+,27-,29+,30+,31+,32-,36+/m1/s1. The number of cyclic esters (lactones) is 1. The summed E-state index contributed by atoms with van der Waals surface area (Å²) < 4.78 is 13.0. The molecule has 4 heterocycles. The van der Waals surface area contributed by atoms with Gasteiger partial charge in [0.1, 0.15) is 23.7 Å². The number of aliphatic hydroxyl groups excluding tert-OH is 1. The van der Waals surface area contributed by atoms with E-state index < -0.39 is 59.6 Å². The first-order valence-electron chi connectivity index (χ1n) is 16.1. The third kappa shape index (κ3) is 5.64. The van der Waals surface area contributed by atoms with Crippen molar-refractivity contribution in [3.8, 4) is 0 Å². The number of carbonyl (C=O) groups excluding carboxylic acids is 4. The van der Waals surface area contributed by atoms with E-state index in [0.29, 0.717) is 24.9 Å². The van der Waals surface area contributed by atoms with Gasteiger partial charge in [-0.25, -0.2) is 0 Å². The molecule has 2 aromatic carbocycles. The first-order valence-corrected chi connectivity index (χ1v) is 16.1. The second-order valence-corrected chi connectivity index (χ2v) is 12.5. The van der Waals surface area contributed by atoms with Crippen molar-refractivity contribution in [2.24, 2.45) is 11.8 Å². The minimum absolute atomic E-state index is 0.176. The second kappa shape index (κ2) is 13.2. The first kappa shape index (κ1) is 31.7. The molecule has 3 amide bonds. The summed E-state index contributed by atoms with van der Waals surface area (Å²) in [5.41, 5.74) is 0.167. The number of carbonyl (C=O) groups is 4. The van der Waals surface area contributed by atoms with Gasteiger partial charge in [0.25, 0.3) is 0 Å². The smallest absolute Gasteiger partial charge is 0.313 e. The average molecular weight is 628 g/mol. The Kier molecular flexibility index (Phi) is 9.11. The molecular weight excluding hydrogens is 586 g/mol. The van der Waals surface area contributed by atoms with Gasteiger partial charge in [-0.3, -0.25) is 19.2 Å². The van der Waals surface area contributed by atoms with Gasteiger partial charge in [0.2, 0.25) is 17.7 Å². The van der Waals surface area contributed by atoms with Crippen molar-refractivity contribution in [1.82, 2.24) is 15.1 Å². The summed E-state index contributed by atoms with van der Waals surface area (Å²) in [6.07, 6.45) is 6.45. The first-order chi connectivity index (χ1) is 22.3. The van der Waals surface area contributed by atoms with E-state index in [1.807, 2.05) is 73.7 Å². The molecule has 10 heteroatoms. The van der Waals surface area contributed by atoms with Gasteiger partial charge in [-0.1, -0.05) is 91.9 Å². The molecule has 0 unspecified atom stereocenters. The minimum atomic E-state index is -1.47. The number of benzene rings is 2. The lowest BCUT2D eigenvalue weighted by Crippen LogP contribution is -2.57. The predicted octanol–water partition coefficient (Wildman–Crippen LogP) is 3.08. The van der Waals surface area contributed by atoms with Crippen LogP contribution in [-0.2, 0) is 35.2 Å². The van der Waals surface area contributed by atoms with Crippen molar-refractivity contribution >= 4 is 23.7 Å². The molecule has 4 aliphatic heterocycles. The molecule has 1 spiro atoms. The van der Waals surface area contributed by atoms with Crippen LogP contribution < -0.4 is 5.32 Å². The molecule has 2 N–H and O–H groups in total. The summed E-state index contributed by atoms with van der Waals surface area (Å²) in [6, 6.07) is 16.5. The molecule has 6 rings (SSSR count). The Bertz CT molecular complexity index is 1510. The molecule has 0 aliphatic carbocycles. The number of nitrogens with one attached hydrogen (secondary N) is 1. The maximum absolute atomic E-state index is 14.6. The zero-order chi connectivity index (χ0) is 32.4. The Balaban J connectivity index is 1.43. The van der Waals surface area contributed by atoms with E-state index in [1.54, 1.807) is 30.1 Å². The van der Waals surface area contributed by atoms with Gasteiger partial charge in [0.05, 0.1) is 30.7 Å². The quantitative estimate of drug-likeness (QED) is 0.373. The number of nitrogens with zero attached hydrogens (tertiary/aromatic N) is 2. The fraction of sp³-hybridized carbons (Fsp3) is 0.444. The van der Waals surface area contributed by atoms with E-state index >= 15 is 0 Å². The Morgan fingerprint density at radius 2 is 1.72 bits per heavy atom. The van der Waals surface area contributed by atoms with Crippen LogP contribution >= 0.6 is 0 Å². The lowest BCUT2D eigenvalue weighted by Gasteiger charge is -2.38. The summed E-state index contributed by atoms with van der Waals surface area (Å²) >= 11 is 0. The van der Waals surface area contributed by atoms with Crippen LogP contribution in [0.5, 0.6) is 0 Å². The van der Waals surface area contributed by atoms with E-state index in [-0.39, 0.29) is 31.4 Å². The maximum atomic E-state index is 14.6. The van der Waals surface area contributed by atoms with Crippen LogP contribution in [-0.4, -0.2) is 81.6 Å². The Morgan fingerprint density at radius 1 is 1.00 bits per heavy atom. The molecule has 0 aromatic heterocycles. The molecular formula is C36H41N3O7. The van der Waals surface area contributed by atoms with E-state index in [4.69, 9.17) is 9.47 Å². The van der Waals surface area contributed by atoms with Crippen molar-refractivity contribution < 1.29 is 33.8 Å². The average Bonchev–Trinajstić information content (AvgIpc) is 3.45. The van der Waals surface area contributed by atoms with Crippen LogP contribution in [0.15, 0.2) is 85.0 Å². The Hall–Kier alpha value is -4.28. The lowest BCUT2D eigenvalue weighted by molar-refractivity contribution is -0.162. The summed E-state index contributed by atoms with van der Waals surface area (Å²) in [5.74, 6) is -3.69. The van der Waals surface area contributed by atoms with Crippen molar-refractivity contribution in [2.45, 2.75) is 75.6 Å². The van der Waals surface area contributed by atoms with Crippen molar-refractivity contribution in [2.75, 3.05) is 13.2 Å². The zero-order valence-corrected chi connectivity index (χ0v) is 26.2. The van der Waals surface area contributed by atoms with Crippen molar-refractivity contribution in [3.63, 3.8) is 0 Å². The molecule has 0 saturated carbocycles. The lowest BCUT2D eigenvalue weighted by atomic mass is 9.77. The second-order valence-electron chi connectivity index (χ2n) is 12.5. The largest absolute Gasteiger partial charge is 0.455 e. The van der Waals surface area contributed by atoms with Crippen LogP contribution in [0.4, 0.5) is 0 Å². The third-order valence-corrected chi connectivity index (χ3v) is 9.66. The molecule has 2 aromatic rings. The zero-order valence-electron chi connectivity index (χ0n) is 26.2. The highest BCUT2D eigenvalue weighted by Crippen LogP contribution is 2.54. The van der Waals surface area contributed by atoms with Gasteiger partial charge in [0.15, 0.2) is 0 Å². The SMILES string of the molecule is CC[C@@H](CO)N1C(=O)[C@@H]2[C@H]3C(=O)O[C@H](c4ccccc4)[C@@H](C)NC(=O)CC/C=C\[C@H]3O[C@@]23C=CCN(Cc2ccccc2)C(=O)[C@@H]13. The monoisotopic (exact) mass is 627 g/mol. The van der Waals surface area contributed by atoms with Gasteiger partial charge >= 0.3 is 5.97 Å². The van der Waals surface area contributed by atoms with Gasteiger partial charge in [-0.05, 0) is 30.9 Å². The molecule has 0 bridgehead atoms. The number of hydrogen-bond donors (Lipinski definition) is 2. The third-order valence-electron chi connectivity index (χ3n) is 9.66. The Morgan fingerprint density at radius 3 is 2.41 bits per heavy atom. The highest BCUT2D eigenvalue weighted by atomic mass is 16.6. The number of likely N-dealkylation sites (tertiary alicyclic amines) is 1. The van der Waals surface area contributed by atoms with E-state index in [1.165, 1.54) is 4.90 Å². The maximum Gasteiger partial charge on any atom is 0.313 e. The molecule has 2 saturated heterocycles. The highest BCUT2D eigenvalue weighted by molar-refractivity contribution is 5.99. The van der Waals surface area contributed by atoms with Gasteiger partial charge in [-0.15, -0.1) is 0 Å².